The number of furan rings is 4. The molecule has 0 N–H and O–H groups in total. The van der Waals surface area contributed by atoms with Gasteiger partial charge in [0.1, 0.15) is 33.5 Å². The summed E-state index contributed by atoms with van der Waals surface area (Å²) >= 11 is 0. The first-order valence-electron chi connectivity index (χ1n) is 27.1. The normalized spacial score (nSPS) is 11.9. The SMILES string of the molecule is Cc1cc(-c2ccc(N(c3ccccc3-c3ccc4oc5ccccc5c4c3)c3cccc4c3oc3ccccc34)c(C)c2)ccc1N(c1ccccc1-c1ccc2oc3ccccc3c2c1)c1cccc2c1oc1ccccc12. The monoisotopic (exact) mass is 1030 g/mol. The maximum absolute atomic E-state index is 6.82. The number of nitrogens with zero attached hydrogens (tertiary/aromatic N) is 2. The summed E-state index contributed by atoms with van der Waals surface area (Å²) < 4.78 is 26.2. The van der Waals surface area contributed by atoms with Gasteiger partial charge in [-0.15, -0.1) is 0 Å². The quantitative estimate of drug-likeness (QED) is 0.144. The number of aryl methyl sites for hydroxylation is 2. The summed E-state index contributed by atoms with van der Waals surface area (Å²) in [6.07, 6.45) is 0. The molecule has 0 spiro atoms. The van der Waals surface area contributed by atoms with Crippen LogP contribution in [-0.2, 0) is 0 Å². The predicted molar refractivity (Wildman–Crippen MR) is 331 cm³/mol. The molecule has 0 amide bonds. The van der Waals surface area contributed by atoms with Crippen molar-refractivity contribution in [2.24, 2.45) is 0 Å². The van der Waals surface area contributed by atoms with E-state index >= 15 is 0 Å². The van der Waals surface area contributed by atoms with E-state index in [2.05, 4.69) is 242 Å². The van der Waals surface area contributed by atoms with Crippen molar-refractivity contribution in [2.45, 2.75) is 13.8 Å². The largest absolute Gasteiger partial charge is 0.456 e. The van der Waals surface area contributed by atoms with E-state index in [0.29, 0.717) is 0 Å². The Morgan fingerprint density at radius 3 is 0.975 bits per heavy atom. The summed E-state index contributed by atoms with van der Waals surface area (Å²) in [5.74, 6) is 0. The second-order valence-corrected chi connectivity index (χ2v) is 20.8. The molecule has 12 aromatic carbocycles. The number of fused-ring (bicyclic) bond motifs is 12. The molecule has 0 bridgehead atoms. The molecule has 80 heavy (non-hydrogen) atoms. The maximum atomic E-state index is 6.82. The zero-order valence-corrected chi connectivity index (χ0v) is 43.8. The van der Waals surface area contributed by atoms with Crippen LogP contribution in [0.25, 0.3) is 121 Å². The number of benzene rings is 12. The third-order valence-electron chi connectivity index (χ3n) is 16.1. The second kappa shape index (κ2) is 18.0. The van der Waals surface area contributed by atoms with Gasteiger partial charge in [0.15, 0.2) is 11.2 Å². The van der Waals surface area contributed by atoms with Gasteiger partial charge in [-0.05, 0) is 144 Å². The van der Waals surface area contributed by atoms with E-state index in [4.69, 9.17) is 17.7 Å². The van der Waals surface area contributed by atoms with E-state index in [9.17, 15) is 0 Å². The molecule has 6 heteroatoms. The van der Waals surface area contributed by atoms with Crippen LogP contribution in [0.3, 0.4) is 0 Å². The van der Waals surface area contributed by atoms with E-state index in [-0.39, 0.29) is 0 Å². The van der Waals surface area contributed by atoms with Crippen LogP contribution in [0, 0.1) is 13.8 Å². The van der Waals surface area contributed by atoms with Crippen molar-refractivity contribution in [3.05, 3.63) is 266 Å². The van der Waals surface area contributed by atoms with Gasteiger partial charge in [0.05, 0.1) is 22.7 Å². The molecule has 4 heterocycles. The molecule has 16 aromatic rings. The molecular weight excluding hydrogens is 981 g/mol. The maximum Gasteiger partial charge on any atom is 0.159 e. The number of anilines is 6. The van der Waals surface area contributed by atoms with Gasteiger partial charge in [-0.3, -0.25) is 0 Å². The molecule has 0 aliphatic rings. The van der Waals surface area contributed by atoms with Crippen LogP contribution in [0.1, 0.15) is 11.1 Å². The highest BCUT2D eigenvalue weighted by molar-refractivity contribution is 6.14. The van der Waals surface area contributed by atoms with Gasteiger partial charge in [0.2, 0.25) is 0 Å². The van der Waals surface area contributed by atoms with E-state index < -0.39 is 0 Å². The van der Waals surface area contributed by atoms with Crippen LogP contribution >= 0.6 is 0 Å². The lowest BCUT2D eigenvalue weighted by molar-refractivity contribution is 0.668. The lowest BCUT2D eigenvalue weighted by atomic mass is 9.96. The average Bonchev–Trinajstić information content (AvgIpc) is 4.33. The van der Waals surface area contributed by atoms with E-state index in [1.54, 1.807) is 0 Å². The Balaban J connectivity index is 0.841. The van der Waals surface area contributed by atoms with Crippen molar-refractivity contribution in [1.29, 1.82) is 0 Å². The Hall–Kier alpha value is -10.6. The summed E-state index contributed by atoms with van der Waals surface area (Å²) in [4.78, 5) is 4.76. The molecule has 378 valence electrons. The molecule has 0 aliphatic heterocycles. The summed E-state index contributed by atoms with van der Waals surface area (Å²) in [5, 5.41) is 8.66. The summed E-state index contributed by atoms with van der Waals surface area (Å²) in [6, 6.07) is 90.2. The van der Waals surface area contributed by atoms with Crippen LogP contribution < -0.4 is 9.80 Å². The van der Waals surface area contributed by atoms with Gasteiger partial charge in [0, 0.05) is 65.6 Å². The van der Waals surface area contributed by atoms with E-state index in [1.807, 2.05) is 36.4 Å². The molecule has 16 rings (SSSR count). The van der Waals surface area contributed by atoms with Gasteiger partial charge in [-0.25, -0.2) is 0 Å². The summed E-state index contributed by atoms with van der Waals surface area (Å²) in [7, 11) is 0. The van der Waals surface area contributed by atoms with Gasteiger partial charge >= 0.3 is 0 Å². The van der Waals surface area contributed by atoms with Crippen LogP contribution in [0.5, 0.6) is 0 Å². The predicted octanol–water partition coefficient (Wildman–Crippen LogP) is 21.8. The molecule has 0 radical (unpaired) electrons. The molecule has 4 aromatic heterocycles. The molecule has 0 saturated carbocycles. The summed E-state index contributed by atoms with van der Waals surface area (Å²) in [5.41, 5.74) is 21.7. The Labute approximate surface area is 460 Å². The first kappa shape index (κ1) is 45.6. The van der Waals surface area contributed by atoms with Crippen molar-refractivity contribution in [3.8, 4) is 33.4 Å². The van der Waals surface area contributed by atoms with Crippen LogP contribution in [-0.4, -0.2) is 0 Å². The number of hydrogen-bond donors (Lipinski definition) is 0. The van der Waals surface area contributed by atoms with Crippen molar-refractivity contribution in [3.63, 3.8) is 0 Å². The Kier molecular flexibility index (Phi) is 10.3. The van der Waals surface area contributed by atoms with Gasteiger partial charge in [-0.1, -0.05) is 158 Å². The molecule has 0 fully saturated rings. The van der Waals surface area contributed by atoms with Crippen molar-refractivity contribution < 1.29 is 17.7 Å². The molecule has 0 unspecified atom stereocenters. The van der Waals surface area contributed by atoms with Crippen molar-refractivity contribution >= 4 is 122 Å². The fourth-order valence-electron chi connectivity index (χ4n) is 12.4. The topological polar surface area (TPSA) is 59.0 Å². The highest BCUT2D eigenvalue weighted by Crippen LogP contribution is 2.50. The lowest BCUT2D eigenvalue weighted by Gasteiger charge is -2.30. The van der Waals surface area contributed by atoms with Crippen LogP contribution in [0.15, 0.2) is 272 Å². The average molecular weight is 1030 g/mol. The summed E-state index contributed by atoms with van der Waals surface area (Å²) in [6.45, 7) is 4.43. The van der Waals surface area contributed by atoms with Gasteiger partial charge in [0.25, 0.3) is 0 Å². The smallest absolute Gasteiger partial charge is 0.159 e. The highest BCUT2D eigenvalue weighted by atomic mass is 16.3. The molecular formula is C74H48N2O4. The Morgan fingerprint density at radius 1 is 0.225 bits per heavy atom. The highest BCUT2D eigenvalue weighted by Gasteiger charge is 2.26. The third kappa shape index (κ3) is 7.19. The minimum absolute atomic E-state index is 0.828. The minimum Gasteiger partial charge on any atom is -0.456 e. The number of para-hydroxylation sites is 8. The molecule has 0 saturated heterocycles. The number of rotatable bonds is 9. The van der Waals surface area contributed by atoms with Crippen molar-refractivity contribution in [1.82, 2.24) is 0 Å². The zero-order valence-electron chi connectivity index (χ0n) is 43.8. The fraction of sp³-hybridized carbons (Fsp3) is 0.0270. The lowest BCUT2D eigenvalue weighted by Crippen LogP contribution is -2.13. The molecule has 0 aliphatic carbocycles. The standard InChI is InChI=1S/C74H48N2O4/c1-45-41-47(33-37-61(45)75(65-27-15-23-57-53-19-5-13-31-69(53)79-73(57)65)63-25-9-3-17-51(63)49-35-39-71-59(43-49)55-21-7-11-29-67(55)77-71)48-34-38-62(46(2)42-48)76(66-28-16-24-58-54-20-6-14-32-70(54)80-74(58)66)64-26-10-4-18-52(64)50-36-40-72-60(44-50)56-22-8-12-30-68(56)78-72/h3-44H,1-2H3. The Morgan fingerprint density at radius 2 is 0.550 bits per heavy atom. The molecule has 6 nitrogen and oxygen atoms in total. The number of hydrogen-bond acceptors (Lipinski definition) is 6. The van der Waals surface area contributed by atoms with E-state index in [1.165, 1.54) is 0 Å². The van der Waals surface area contributed by atoms with Crippen LogP contribution in [0.2, 0.25) is 0 Å². The Bertz CT molecular complexity index is 4820. The zero-order chi connectivity index (χ0) is 53.0. The van der Waals surface area contributed by atoms with Crippen LogP contribution in [0.4, 0.5) is 34.1 Å². The van der Waals surface area contributed by atoms with Gasteiger partial charge in [-0.2, -0.15) is 0 Å². The second-order valence-electron chi connectivity index (χ2n) is 20.8. The van der Waals surface area contributed by atoms with Crippen molar-refractivity contribution in [2.75, 3.05) is 9.80 Å². The molecule has 0 atom stereocenters. The first-order chi connectivity index (χ1) is 39.5. The fourth-order valence-corrected chi connectivity index (χ4v) is 12.4. The van der Waals surface area contributed by atoms with Gasteiger partial charge < -0.3 is 27.5 Å². The first-order valence-corrected chi connectivity index (χ1v) is 27.1. The van der Waals surface area contributed by atoms with E-state index in [0.717, 1.165) is 166 Å². The minimum atomic E-state index is 0.828. The third-order valence-corrected chi connectivity index (χ3v) is 16.1.